The Labute approximate surface area is 129 Å². The minimum absolute atomic E-state index is 0.0394. The standard InChI is InChI=1S/C4H13NO7P2.H5NO6P2/c5-3-1-2-4(6,13(7,8)9)14(10,11)12;2-8(3,4)1-9(5,6)7/h6H,1-3,5H2,(H2,7,8,9)(H2,10,11,12);(H5,1,2,3,4,5,6,7). The van der Waals surface area contributed by atoms with Crippen molar-refractivity contribution in [3.05, 3.63) is 0 Å². The van der Waals surface area contributed by atoms with Crippen LogP contribution in [-0.2, 0) is 18.3 Å². The molecule has 0 fully saturated rings. The Morgan fingerprint density at radius 2 is 1.09 bits per heavy atom. The highest BCUT2D eigenvalue weighted by Crippen LogP contribution is 2.69. The monoisotopic (exact) mass is 426 g/mol. The summed E-state index contributed by atoms with van der Waals surface area (Å²) in [5.74, 6) is 0. The molecule has 0 unspecified atom stereocenters. The van der Waals surface area contributed by atoms with E-state index in [9.17, 15) is 23.4 Å². The largest absolute Gasteiger partial charge is 0.409 e. The molecule has 23 heavy (non-hydrogen) atoms. The van der Waals surface area contributed by atoms with E-state index in [2.05, 4.69) is 0 Å². The van der Waals surface area contributed by atoms with Crippen LogP contribution in [0.4, 0.5) is 0 Å². The number of hydrogen-bond acceptors (Lipinski definition) is 6. The lowest BCUT2D eigenvalue weighted by Crippen LogP contribution is -2.29. The van der Waals surface area contributed by atoms with Gasteiger partial charge in [0, 0.05) is 6.42 Å². The van der Waals surface area contributed by atoms with Gasteiger partial charge in [-0.25, -0.2) is 9.13 Å². The summed E-state index contributed by atoms with van der Waals surface area (Å²) in [7, 11) is -20.2. The molecule has 0 radical (unpaired) electrons. The Hall–Kier alpha value is 0.480. The molecule has 15 nitrogen and oxygen atoms in total. The van der Waals surface area contributed by atoms with Crippen molar-refractivity contribution >= 4 is 30.7 Å². The summed E-state index contributed by atoms with van der Waals surface area (Å²) in [5, 5.41) is 5.91. The smallest absolute Gasteiger partial charge is 0.368 e. The van der Waals surface area contributed by atoms with Gasteiger partial charge in [0.05, 0.1) is 0 Å². The van der Waals surface area contributed by atoms with E-state index in [-0.39, 0.29) is 13.0 Å². The molecular weight excluding hydrogens is 408 g/mol. The van der Waals surface area contributed by atoms with Gasteiger partial charge in [0.15, 0.2) is 0 Å². The Morgan fingerprint density at radius 3 is 1.22 bits per heavy atom. The van der Waals surface area contributed by atoms with Crippen LogP contribution in [-0.4, -0.2) is 55.9 Å². The first kappa shape index (κ1) is 25.7. The molecule has 12 N–H and O–H groups in total. The maximum Gasteiger partial charge on any atom is 0.409 e. The minimum atomic E-state index is -5.30. The summed E-state index contributed by atoms with van der Waals surface area (Å²) in [6, 6.07) is 0. The van der Waals surface area contributed by atoms with Gasteiger partial charge in [0.2, 0.25) is 0 Å². The molecular formula is C4H18N2O13P4. The molecule has 0 aliphatic heterocycles. The van der Waals surface area contributed by atoms with E-state index < -0.39 is 42.2 Å². The number of hydrogen-bond donors (Lipinski definition) is 11. The Morgan fingerprint density at radius 1 is 0.783 bits per heavy atom. The van der Waals surface area contributed by atoms with Crippen molar-refractivity contribution in [2.45, 2.75) is 17.9 Å². The molecule has 0 atom stereocenters. The topological polar surface area (TPSA) is 288 Å². The predicted octanol–water partition coefficient (Wildman–Crippen LogP) is -2.51. The molecule has 0 bridgehead atoms. The van der Waals surface area contributed by atoms with E-state index in [4.69, 9.17) is 44.9 Å². The highest BCUT2D eigenvalue weighted by atomic mass is 31.3. The van der Waals surface area contributed by atoms with Crippen molar-refractivity contribution in [2.75, 3.05) is 6.54 Å². The third kappa shape index (κ3) is 10.8. The molecule has 0 heterocycles. The van der Waals surface area contributed by atoms with Crippen molar-refractivity contribution in [3.8, 4) is 0 Å². The zero-order valence-electron chi connectivity index (χ0n) is 11.1. The Kier molecular flexibility index (Phi) is 9.75. The summed E-state index contributed by atoms with van der Waals surface area (Å²) in [6.07, 6.45) is -0.856. The Balaban J connectivity index is 0. The maximum atomic E-state index is 10.7. The van der Waals surface area contributed by atoms with Crippen LogP contribution < -0.4 is 10.6 Å². The number of aliphatic hydroxyl groups is 1. The van der Waals surface area contributed by atoms with Crippen LogP contribution in [0.3, 0.4) is 0 Å². The van der Waals surface area contributed by atoms with Crippen molar-refractivity contribution in [2.24, 2.45) is 5.73 Å². The molecule has 0 aromatic carbocycles. The SMILES string of the molecule is NCCCC(O)(P(=O)(O)O)P(=O)(O)O.O=P(O)(O)NP(=O)(O)O. The first-order valence-corrected chi connectivity index (χ1v) is 11.7. The van der Waals surface area contributed by atoms with Gasteiger partial charge in [-0.1, -0.05) is 0 Å². The number of nitrogens with one attached hydrogen (secondary N) is 1. The summed E-state index contributed by atoms with van der Waals surface area (Å²) < 4.78 is 40.9. The van der Waals surface area contributed by atoms with Crippen LogP contribution in [0.1, 0.15) is 12.8 Å². The van der Waals surface area contributed by atoms with Crippen LogP contribution in [0, 0.1) is 0 Å². The van der Waals surface area contributed by atoms with Crippen LogP contribution >= 0.6 is 30.7 Å². The summed E-state index contributed by atoms with van der Waals surface area (Å²) in [6.45, 7) is -0.0394. The third-order valence-corrected chi connectivity index (χ3v) is 7.87. The fraction of sp³-hybridized carbons (Fsp3) is 1.00. The van der Waals surface area contributed by atoms with Gasteiger partial charge in [-0.15, -0.1) is 4.86 Å². The molecule has 142 valence electrons. The second-order valence-electron chi connectivity index (χ2n) is 3.94. The fourth-order valence-electron chi connectivity index (χ4n) is 0.970. The molecule has 19 heteroatoms. The average Bonchev–Trinajstić information content (AvgIpc) is 2.17. The molecule has 0 amide bonds. The lowest BCUT2D eigenvalue weighted by atomic mass is 10.3. The predicted molar refractivity (Wildman–Crippen MR) is 74.6 cm³/mol. The first-order valence-electron chi connectivity index (χ1n) is 5.21. The molecule has 0 rings (SSSR count). The van der Waals surface area contributed by atoms with Gasteiger partial charge < -0.3 is 50.0 Å². The number of nitrogens with two attached hydrogens (primary N) is 1. The van der Waals surface area contributed by atoms with Crippen LogP contribution in [0.15, 0.2) is 0 Å². The minimum Gasteiger partial charge on any atom is -0.368 e. The lowest BCUT2D eigenvalue weighted by Gasteiger charge is -2.28. The number of rotatable bonds is 7. The second kappa shape index (κ2) is 8.72. The summed E-state index contributed by atoms with van der Waals surface area (Å²) >= 11 is 0. The average molecular weight is 426 g/mol. The zero-order chi connectivity index (χ0) is 19.3. The highest BCUT2D eigenvalue weighted by Gasteiger charge is 2.58. The van der Waals surface area contributed by atoms with Crippen molar-refractivity contribution in [1.29, 1.82) is 0 Å². The first-order chi connectivity index (χ1) is 9.77. The van der Waals surface area contributed by atoms with Crippen molar-refractivity contribution in [3.63, 3.8) is 0 Å². The zero-order valence-corrected chi connectivity index (χ0v) is 14.7. The van der Waals surface area contributed by atoms with E-state index in [0.717, 1.165) is 4.86 Å². The highest BCUT2D eigenvalue weighted by molar-refractivity contribution is 7.72. The van der Waals surface area contributed by atoms with Gasteiger partial charge in [-0.05, 0) is 13.0 Å². The van der Waals surface area contributed by atoms with Crippen LogP contribution in [0.25, 0.3) is 0 Å². The molecule has 0 saturated heterocycles. The van der Waals surface area contributed by atoms with Gasteiger partial charge in [-0.2, -0.15) is 0 Å². The van der Waals surface area contributed by atoms with Gasteiger partial charge >= 0.3 is 30.7 Å². The van der Waals surface area contributed by atoms with Crippen LogP contribution in [0.2, 0.25) is 0 Å². The van der Waals surface area contributed by atoms with E-state index in [1.165, 1.54) is 0 Å². The van der Waals surface area contributed by atoms with E-state index in [1.54, 1.807) is 0 Å². The lowest BCUT2D eigenvalue weighted by molar-refractivity contribution is 0.121. The normalized spacial score (nSPS) is 14.2. The molecule has 0 aromatic rings. The Bertz CT molecular complexity index is 510. The maximum absolute atomic E-state index is 10.7. The second-order valence-corrected chi connectivity index (χ2v) is 10.9. The van der Waals surface area contributed by atoms with Crippen molar-refractivity contribution < 1.29 is 62.5 Å². The molecule has 0 spiro atoms. The third-order valence-electron chi connectivity index (χ3n) is 1.91. The van der Waals surface area contributed by atoms with E-state index in [1.807, 2.05) is 0 Å². The molecule has 0 saturated carbocycles. The van der Waals surface area contributed by atoms with E-state index in [0.29, 0.717) is 0 Å². The van der Waals surface area contributed by atoms with Crippen molar-refractivity contribution in [1.82, 2.24) is 4.86 Å². The fourth-order valence-corrected chi connectivity index (χ4v) is 4.58. The molecule has 0 aliphatic rings. The molecule has 0 aliphatic carbocycles. The van der Waals surface area contributed by atoms with Gasteiger partial charge in [-0.3, -0.25) is 9.13 Å². The van der Waals surface area contributed by atoms with Crippen LogP contribution in [0.5, 0.6) is 0 Å². The van der Waals surface area contributed by atoms with Gasteiger partial charge in [0.25, 0.3) is 5.08 Å². The summed E-state index contributed by atoms with van der Waals surface area (Å²) in [5.41, 5.74) is 5.01. The van der Waals surface area contributed by atoms with Gasteiger partial charge in [0.1, 0.15) is 0 Å². The molecule has 0 aromatic heterocycles. The quantitative estimate of drug-likeness (QED) is 0.187. The summed E-state index contributed by atoms with van der Waals surface area (Å²) in [4.78, 5) is 66.7. The van der Waals surface area contributed by atoms with E-state index >= 15 is 0 Å².